The second kappa shape index (κ2) is 13.6. The van der Waals surface area contributed by atoms with Crippen molar-refractivity contribution < 1.29 is 33.4 Å². The molecule has 12 heteroatoms. The number of methoxy groups -OCH3 is 1. The zero-order valence-electron chi connectivity index (χ0n) is 21.0. The summed E-state index contributed by atoms with van der Waals surface area (Å²) in [5, 5.41) is 7.98. The van der Waals surface area contributed by atoms with E-state index < -0.39 is 42.1 Å². The highest BCUT2D eigenvalue weighted by atomic mass is 16.5. The molecule has 5 N–H and O–H groups in total. The van der Waals surface area contributed by atoms with Gasteiger partial charge in [-0.15, -0.1) is 0 Å². The molecule has 0 saturated carbocycles. The third-order valence-electron chi connectivity index (χ3n) is 6.37. The number of ether oxygens (including phenoxy) is 2. The molecule has 0 aliphatic carbocycles. The molecule has 1 aromatic rings. The molecule has 0 bridgehead atoms. The predicted octanol–water partition coefficient (Wildman–Crippen LogP) is -0.538. The molecule has 5 amide bonds. The quantitative estimate of drug-likeness (QED) is 0.336. The Morgan fingerprint density at radius 3 is 2.76 bits per heavy atom. The zero-order valence-corrected chi connectivity index (χ0v) is 21.0. The second-order valence-corrected chi connectivity index (χ2v) is 9.13. The zero-order chi connectivity index (χ0) is 26.8. The van der Waals surface area contributed by atoms with E-state index in [0.29, 0.717) is 31.7 Å². The maximum Gasteiger partial charge on any atom is 0.255 e. The summed E-state index contributed by atoms with van der Waals surface area (Å²) in [6.45, 7) is 1.35. The number of benzene rings is 1. The van der Waals surface area contributed by atoms with Crippen molar-refractivity contribution in [2.75, 3.05) is 33.4 Å². The van der Waals surface area contributed by atoms with Gasteiger partial charge in [0.05, 0.1) is 18.0 Å². The molecule has 0 unspecified atom stereocenters. The first kappa shape index (κ1) is 27.9. The van der Waals surface area contributed by atoms with Crippen molar-refractivity contribution in [3.8, 4) is 5.75 Å². The van der Waals surface area contributed by atoms with Crippen LogP contribution in [0.25, 0.3) is 0 Å². The summed E-state index contributed by atoms with van der Waals surface area (Å²) in [4.78, 5) is 65.5. The van der Waals surface area contributed by atoms with Gasteiger partial charge in [0, 0.05) is 33.2 Å². The molecule has 1 fully saturated rings. The number of nitrogens with two attached hydrogens (primary N) is 1. The lowest BCUT2D eigenvalue weighted by Gasteiger charge is -2.30. The molecule has 3 rings (SSSR count). The van der Waals surface area contributed by atoms with E-state index in [4.69, 9.17) is 15.2 Å². The highest BCUT2D eigenvalue weighted by Gasteiger charge is 2.36. The Morgan fingerprint density at radius 2 is 2.00 bits per heavy atom. The van der Waals surface area contributed by atoms with Gasteiger partial charge in [0.25, 0.3) is 5.91 Å². The summed E-state index contributed by atoms with van der Waals surface area (Å²) >= 11 is 0. The first-order valence-corrected chi connectivity index (χ1v) is 12.5. The SMILES string of the molecule is COCCCNC(=O)[C@@H]1CC(=O)N[C@@H](CCC(N)=O)C(=O)N2CCC[C@@H]2COc2ccccc2C(=O)N1. The van der Waals surface area contributed by atoms with Gasteiger partial charge in [-0.05, 0) is 37.8 Å². The fourth-order valence-corrected chi connectivity index (χ4v) is 4.44. The Bertz CT molecular complexity index is 1000. The maximum atomic E-state index is 13.4. The van der Waals surface area contributed by atoms with Gasteiger partial charge in [0.1, 0.15) is 24.4 Å². The first-order chi connectivity index (χ1) is 17.8. The fraction of sp³-hybridized carbons (Fsp3) is 0.560. The van der Waals surface area contributed by atoms with Crippen LogP contribution in [-0.4, -0.2) is 86.0 Å². The molecular weight excluding hydrogens is 482 g/mol. The number of nitrogens with zero attached hydrogens (tertiary/aromatic N) is 1. The van der Waals surface area contributed by atoms with E-state index in [-0.39, 0.29) is 43.5 Å². The summed E-state index contributed by atoms with van der Waals surface area (Å²) in [5.41, 5.74) is 5.51. The molecular formula is C25H35N5O7. The van der Waals surface area contributed by atoms with Crippen molar-refractivity contribution in [2.24, 2.45) is 5.73 Å². The smallest absolute Gasteiger partial charge is 0.255 e. The standard InChI is InChI=1S/C25H35N5O7/c1-36-13-5-11-27-24(34)19-14-22(32)28-18(9-10-21(26)31)25(35)30-12-4-6-16(30)15-37-20-8-3-2-7-17(20)23(33)29-19/h2-3,7-8,16,18-19H,4-6,9-15H2,1H3,(H2,26,31)(H,27,34)(H,28,32)(H,29,33)/t16-,18+,19+/m1/s1. The van der Waals surface area contributed by atoms with Crippen molar-refractivity contribution in [1.82, 2.24) is 20.9 Å². The van der Waals surface area contributed by atoms with Gasteiger partial charge in [-0.2, -0.15) is 0 Å². The molecule has 3 atom stereocenters. The minimum Gasteiger partial charge on any atom is -0.491 e. The lowest BCUT2D eigenvalue weighted by Crippen LogP contribution is -2.54. The summed E-state index contributed by atoms with van der Waals surface area (Å²) in [5.74, 6) is -2.36. The molecule has 2 heterocycles. The van der Waals surface area contributed by atoms with Crippen LogP contribution in [-0.2, 0) is 23.9 Å². The Morgan fingerprint density at radius 1 is 1.22 bits per heavy atom. The van der Waals surface area contributed by atoms with Crippen LogP contribution >= 0.6 is 0 Å². The highest BCUT2D eigenvalue weighted by molar-refractivity contribution is 6.01. The van der Waals surface area contributed by atoms with Crippen molar-refractivity contribution in [2.45, 2.75) is 56.7 Å². The monoisotopic (exact) mass is 517 g/mol. The lowest BCUT2D eigenvalue weighted by atomic mass is 10.1. The fourth-order valence-electron chi connectivity index (χ4n) is 4.44. The van der Waals surface area contributed by atoms with E-state index in [0.717, 1.165) is 6.42 Å². The molecule has 0 radical (unpaired) electrons. The predicted molar refractivity (Wildman–Crippen MR) is 132 cm³/mol. The van der Waals surface area contributed by atoms with Crippen LogP contribution in [0.15, 0.2) is 24.3 Å². The number of hydrogen-bond acceptors (Lipinski definition) is 7. The molecule has 1 aromatic carbocycles. The Kier molecular flexibility index (Phi) is 10.2. The molecule has 37 heavy (non-hydrogen) atoms. The molecule has 12 nitrogen and oxygen atoms in total. The molecule has 0 spiro atoms. The highest BCUT2D eigenvalue weighted by Crippen LogP contribution is 2.24. The summed E-state index contributed by atoms with van der Waals surface area (Å²) < 4.78 is 11.0. The number of rotatable bonds is 8. The van der Waals surface area contributed by atoms with Crippen LogP contribution in [0.2, 0.25) is 0 Å². The van der Waals surface area contributed by atoms with Gasteiger partial charge < -0.3 is 36.1 Å². The first-order valence-electron chi connectivity index (χ1n) is 12.5. The van der Waals surface area contributed by atoms with Gasteiger partial charge in [-0.3, -0.25) is 24.0 Å². The third-order valence-corrected chi connectivity index (χ3v) is 6.37. The van der Waals surface area contributed by atoms with Crippen molar-refractivity contribution in [3.05, 3.63) is 29.8 Å². The maximum absolute atomic E-state index is 13.4. The number of hydrogen-bond donors (Lipinski definition) is 4. The third kappa shape index (κ3) is 7.91. The number of primary amides is 1. The van der Waals surface area contributed by atoms with E-state index in [1.54, 1.807) is 36.3 Å². The minimum atomic E-state index is -1.21. The molecule has 2 aliphatic heterocycles. The number of para-hydroxylation sites is 1. The summed E-state index contributed by atoms with van der Waals surface area (Å²) in [7, 11) is 1.55. The van der Waals surface area contributed by atoms with Gasteiger partial charge in [-0.25, -0.2) is 0 Å². The molecule has 2 aliphatic rings. The van der Waals surface area contributed by atoms with E-state index >= 15 is 0 Å². The summed E-state index contributed by atoms with van der Waals surface area (Å²) in [6, 6.07) is 4.14. The van der Waals surface area contributed by atoms with Crippen LogP contribution in [0, 0.1) is 0 Å². The van der Waals surface area contributed by atoms with E-state index in [2.05, 4.69) is 16.0 Å². The number of amides is 5. The number of fused-ring (bicyclic) bond motifs is 2. The Balaban J connectivity index is 1.89. The number of nitrogens with one attached hydrogen (secondary N) is 3. The lowest BCUT2D eigenvalue weighted by molar-refractivity contribution is -0.138. The van der Waals surface area contributed by atoms with Crippen LogP contribution in [0.5, 0.6) is 5.75 Å². The Labute approximate surface area is 215 Å². The van der Waals surface area contributed by atoms with E-state index in [1.807, 2.05) is 0 Å². The van der Waals surface area contributed by atoms with Crippen molar-refractivity contribution >= 4 is 29.5 Å². The van der Waals surface area contributed by atoms with Gasteiger partial charge in [-0.1, -0.05) is 12.1 Å². The number of carbonyl (C=O) groups is 5. The normalized spacial score (nSPS) is 22.6. The van der Waals surface area contributed by atoms with E-state index in [9.17, 15) is 24.0 Å². The molecule has 202 valence electrons. The molecule has 0 aromatic heterocycles. The number of carbonyl (C=O) groups excluding carboxylic acids is 5. The van der Waals surface area contributed by atoms with Crippen molar-refractivity contribution in [3.63, 3.8) is 0 Å². The molecule has 1 saturated heterocycles. The van der Waals surface area contributed by atoms with Gasteiger partial charge >= 0.3 is 0 Å². The van der Waals surface area contributed by atoms with Gasteiger partial charge in [0.2, 0.25) is 23.6 Å². The Hall–Kier alpha value is -3.67. The van der Waals surface area contributed by atoms with Crippen LogP contribution in [0.1, 0.15) is 48.9 Å². The average molecular weight is 518 g/mol. The summed E-state index contributed by atoms with van der Waals surface area (Å²) in [6.07, 6.45) is 1.51. The largest absolute Gasteiger partial charge is 0.491 e. The van der Waals surface area contributed by atoms with Crippen molar-refractivity contribution in [1.29, 1.82) is 0 Å². The minimum absolute atomic E-state index is 0.0209. The van der Waals surface area contributed by atoms with Gasteiger partial charge in [0.15, 0.2) is 0 Å². The second-order valence-electron chi connectivity index (χ2n) is 9.13. The average Bonchev–Trinajstić information content (AvgIpc) is 3.35. The topological polar surface area (TPSA) is 169 Å². The van der Waals surface area contributed by atoms with E-state index in [1.165, 1.54) is 0 Å². The van der Waals surface area contributed by atoms with Crippen LogP contribution in [0.3, 0.4) is 0 Å². The van der Waals surface area contributed by atoms with Crippen LogP contribution < -0.4 is 26.4 Å². The van der Waals surface area contributed by atoms with Crippen LogP contribution in [0.4, 0.5) is 0 Å².